The normalized spacial score (nSPS) is 23.9. The average molecular weight is 235 g/mol. The number of nitrogens with two attached hydrogens (primary N) is 1. The van der Waals surface area contributed by atoms with E-state index < -0.39 is 0 Å². The highest BCUT2D eigenvalue weighted by Crippen LogP contribution is 2.28. The molecule has 3 nitrogen and oxygen atoms in total. The van der Waals surface area contributed by atoms with Gasteiger partial charge in [0, 0.05) is 0 Å². The fraction of sp³-hybridized carbons (Fsp3) is 0.571. The molecule has 0 amide bonds. The summed E-state index contributed by atoms with van der Waals surface area (Å²) in [7, 11) is 1.68. The molecule has 2 unspecified atom stereocenters. The lowest BCUT2D eigenvalue weighted by atomic mass is 10.1. The van der Waals surface area contributed by atoms with Gasteiger partial charge in [0.25, 0.3) is 0 Å². The molecule has 0 spiro atoms. The van der Waals surface area contributed by atoms with E-state index in [0.717, 1.165) is 24.3 Å². The molecule has 0 bridgehead atoms. The van der Waals surface area contributed by atoms with Crippen LogP contribution in [0.5, 0.6) is 5.75 Å². The highest BCUT2D eigenvalue weighted by Gasteiger charge is 2.26. The summed E-state index contributed by atoms with van der Waals surface area (Å²) < 4.78 is 11.1. The molecule has 1 fully saturated rings. The third kappa shape index (κ3) is 3.20. The van der Waals surface area contributed by atoms with E-state index in [0.29, 0.717) is 18.6 Å². The number of hydrogen-bond acceptors (Lipinski definition) is 3. The molecule has 2 atom stereocenters. The molecular weight excluding hydrogens is 214 g/mol. The van der Waals surface area contributed by atoms with Crippen LogP contribution in [-0.4, -0.2) is 19.8 Å². The van der Waals surface area contributed by atoms with E-state index in [1.165, 1.54) is 12.8 Å². The van der Waals surface area contributed by atoms with Crippen molar-refractivity contribution in [3.8, 4) is 5.75 Å². The summed E-state index contributed by atoms with van der Waals surface area (Å²) in [5, 5.41) is 0. The summed E-state index contributed by atoms with van der Waals surface area (Å²) in [6.45, 7) is 1.39. The molecule has 0 aromatic heterocycles. The van der Waals surface area contributed by atoms with Crippen LogP contribution in [0.25, 0.3) is 0 Å². The second-order valence-electron chi connectivity index (χ2n) is 4.63. The first kappa shape index (κ1) is 12.4. The Kier molecular flexibility index (Phi) is 4.40. The molecule has 1 aromatic rings. The van der Waals surface area contributed by atoms with E-state index in [2.05, 4.69) is 6.07 Å². The van der Waals surface area contributed by atoms with Crippen LogP contribution in [0.3, 0.4) is 0 Å². The van der Waals surface area contributed by atoms with Gasteiger partial charge in [0.2, 0.25) is 0 Å². The molecule has 1 saturated carbocycles. The molecule has 2 rings (SSSR count). The predicted molar refractivity (Wildman–Crippen MR) is 68.0 cm³/mol. The Hall–Kier alpha value is -1.06. The van der Waals surface area contributed by atoms with Crippen molar-refractivity contribution in [1.29, 1.82) is 0 Å². The first-order chi connectivity index (χ1) is 8.33. The maximum absolute atomic E-state index is 5.96. The second-order valence-corrected chi connectivity index (χ2v) is 4.63. The smallest absolute Gasteiger partial charge is 0.119 e. The summed E-state index contributed by atoms with van der Waals surface area (Å²) in [5.74, 6) is 1.42. The third-order valence-corrected chi connectivity index (χ3v) is 3.49. The van der Waals surface area contributed by atoms with E-state index in [4.69, 9.17) is 15.2 Å². The quantitative estimate of drug-likeness (QED) is 0.852. The minimum atomic E-state index is 0.339. The Morgan fingerprint density at radius 3 is 3.00 bits per heavy atom. The fourth-order valence-corrected chi connectivity index (χ4v) is 2.46. The van der Waals surface area contributed by atoms with Gasteiger partial charge in [0.05, 0.1) is 19.8 Å². The Balaban J connectivity index is 1.88. The van der Waals surface area contributed by atoms with Crippen molar-refractivity contribution in [3.05, 3.63) is 29.8 Å². The van der Waals surface area contributed by atoms with Crippen LogP contribution in [-0.2, 0) is 11.3 Å². The van der Waals surface area contributed by atoms with Crippen molar-refractivity contribution in [2.75, 3.05) is 13.7 Å². The maximum Gasteiger partial charge on any atom is 0.119 e. The molecule has 0 aliphatic heterocycles. The Morgan fingerprint density at radius 2 is 2.24 bits per heavy atom. The van der Waals surface area contributed by atoms with Gasteiger partial charge in [-0.1, -0.05) is 18.6 Å². The number of benzene rings is 1. The van der Waals surface area contributed by atoms with Crippen molar-refractivity contribution < 1.29 is 9.47 Å². The Morgan fingerprint density at radius 1 is 1.35 bits per heavy atom. The summed E-state index contributed by atoms with van der Waals surface area (Å²) in [4.78, 5) is 0. The van der Waals surface area contributed by atoms with Gasteiger partial charge in [-0.3, -0.25) is 0 Å². The summed E-state index contributed by atoms with van der Waals surface area (Å²) in [6.07, 6.45) is 3.93. The van der Waals surface area contributed by atoms with Gasteiger partial charge < -0.3 is 15.2 Å². The van der Waals surface area contributed by atoms with Gasteiger partial charge in [-0.15, -0.1) is 0 Å². The van der Waals surface area contributed by atoms with Crippen molar-refractivity contribution in [2.24, 2.45) is 11.7 Å². The fourth-order valence-electron chi connectivity index (χ4n) is 2.46. The molecule has 1 aliphatic rings. The number of ether oxygens (including phenoxy) is 2. The molecule has 3 heteroatoms. The standard InChI is InChI=1S/C14H21NO2/c1-16-13-6-2-4-11(8-13)10-17-14-7-3-5-12(14)9-15/h2,4,6,8,12,14H,3,5,7,9-10,15H2,1H3. The van der Waals surface area contributed by atoms with Gasteiger partial charge in [-0.05, 0) is 43.0 Å². The first-order valence-electron chi connectivity index (χ1n) is 6.28. The van der Waals surface area contributed by atoms with Gasteiger partial charge in [0.1, 0.15) is 5.75 Å². The van der Waals surface area contributed by atoms with Crippen molar-refractivity contribution in [3.63, 3.8) is 0 Å². The van der Waals surface area contributed by atoms with Gasteiger partial charge in [-0.25, -0.2) is 0 Å². The van der Waals surface area contributed by atoms with Crippen LogP contribution in [0.2, 0.25) is 0 Å². The lowest BCUT2D eigenvalue weighted by Crippen LogP contribution is -2.25. The maximum atomic E-state index is 5.96. The molecule has 2 N–H and O–H groups in total. The van der Waals surface area contributed by atoms with E-state index in [1.54, 1.807) is 7.11 Å². The number of rotatable bonds is 5. The predicted octanol–water partition coefficient (Wildman–Crippen LogP) is 2.34. The topological polar surface area (TPSA) is 44.5 Å². The molecule has 17 heavy (non-hydrogen) atoms. The van der Waals surface area contributed by atoms with Gasteiger partial charge >= 0.3 is 0 Å². The number of hydrogen-bond donors (Lipinski definition) is 1. The molecule has 0 radical (unpaired) electrons. The second kappa shape index (κ2) is 6.03. The van der Waals surface area contributed by atoms with Crippen LogP contribution in [0.15, 0.2) is 24.3 Å². The zero-order chi connectivity index (χ0) is 12.1. The zero-order valence-corrected chi connectivity index (χ0v) is 10.4. The van der Waals surface area contributed by atoms with Crippen LogP contribution in [0, 0.1) is 5.92 Å². The minimum absolute atomic E-state index is 0.339. The van der Waals surface area contributed by atoms with Crippen LogP contribution >= 0.6 is 0 Å². The highest BCUT2D eigenvalue weighted by atomic mass is 16.5. The van der Waals surface area contributed by atoms with Crippen LogP contribution < -0.4 is 10.5 Å². The lowest BCUT2D eigenvalue weighted by Gasteiger charge is -2.18. The number of methoxy groups -OCH3 is 1. The SMILES string of the molecule is COc1cccc(COC2CCCC2CN)c1. The van der Waals surface area contributed by atoms with E-state index >= 15 is 0 Å². The van der Waals surface area contributed by atoms with E-state index in [-0.39, 0.29) is 0 Å². The Bertz CT molecular complexity index is 354. The molecule has 0 saturated heterocycles. The molecule has 94 valence electrons. The van der Waals surface area contributed by atoms with Crippen molar-refractivity contribution >= 4 is 0 Å². The van der Waals surface area contributed by atoms with Crippen molar-refractivity contribution in [2.45, 2.75) is 32.0 Å². The molecule has 0 heterocycles. The first-order valence-corrected chi connectivity index (χ1v) is 6.28. The molecule has 1 aliphatic carbocycles. The van der Waals surface area contributed by atoms with Crippen molar-refractivity contribution in [1.82, 2.24) is 0 Å². The monoisotopic (exact) mass is 235 g/mol. The summed E-state index contributed by atoms with van der Waals surface area (Å²) in [5.41, 5.74) is 6.90. The zero-order valence-electron chi connectivity index (χ0n) is 10.4. The van der Waals surface area contributed by atoms with Gasteiger partial charge in [-0.2, -0.15) is 0 Å². The third-order valence-electron chi connectivity index (χ3n) is 3.49. The average Bonchev–Trinajstić information content (AvgIpc) is 2.84. The summed E-state index contributed by atoms with van der Waals surface area (Å²) in [6, 6.07) is 8.02. The minimum Gasteiger partial charge on any atom is -0.497 e. The molecule has 1 aromatic carbocycles. The van der Waals surface area contributed by atoms with E-state index in [9.17, 15) is 0 Å². The van der Waals surface area contributed by atoms with Gasteiger partial charge in [0.15, 0.2) is 0 Å². The lowest BCUT2D eigenvalue weighted by molar-refractivity contribution is 0.0182. The summed E-state index contributed by atoms with van der Waals surface area (Å²) >= 11 is 0. The largest absolute Gasteiger partial charge is 0.497 e. The van der Waals surface area contributed by atoms with Crippen LogP contribution in [0.1, 0.15) is 24.8 Å². The Labute approximate surface area is 103 Å². The molecular formula is C14H21NO2. The van der Waals surface area contributed by atoms with Crippen LogP contribution in [0.4, 0.5) is 0 Å². The van der Waals surface area contributed by atoms with E-state index in [1.807, 2.05) is 18.2 Å². The highest BCUT2D eigenvalue weighted by molar-refractivity contribution is 5.27.